The highest BCUT2D eigenvalue weighted by atomic mass is 19.1. The van der Waals surface area contributed by atoms with Crippen molar-refractivity contribution in [3.05, 3.63) is 29.3 Å². The summed E-state index contributed by atoms with van der Waals surface area (Å²) in [4.78, 5) is 0. The SMILES string of the molecule is CNCC(O)C(O)c1cc(N)c(F)cc1F. The molecule has 0 bridgehead atoms. The maximum atomic E-state index is 13.3. The molecule has 2 atom stereocenters. The van der Waals surface area contributed by atoms with Crippen molar-refractivity contribution >= 4 is 5.69 Å². The summed E-state index contributed by atoms with van der Waals surface area (Å²) < 4.78 is 26.1. The topological polar surface area (TPSA) is 78.5 Å². The minimum Gasteiger partial charge on any atom is -0.396 e. The van der Waals surface area contributed by atoms with Crippen LogP contribution < -0.4 is 11.1 Å². The first kappa shape index (κ1) is 12.8. The zero-order valence-corrected chi connectivity index (χ0v) is 8.74. The summed E-state index contributed by atoms with van der Waals surface area (Å²) >= 11 is 0. The van der Waals surface area contributed by atoms with Crippen molar-refractivity contribution in [1.29, 1.82) is 0 Å². The van der Waals surface area contributed by atoms with Crippen molar-refractivity contribution in [1.82, 2.24) is 5.32 Å². The van der Waals surface area contributed by atoms with Gasteiger partial charge in [0, 0.05) is 18.2 Å². The van der Waals surface area contributed by atoms with E-state index in [1.807, 2.05) is 0 Å². The molecule has 1 aromatic rings. The molecule has 90 valence electrons. The van der Waals surface area contributed by atoms with Gasteiger partial charge < -0.3 is 21.3 Å². The molecule has 0 aliphatic rings. The second-order valence-electron chi connectivity index (χ2n) is 3.47. The Kier molecular flexibility index (Phi) is 4.17. The Bertz CT molecular complexity index is 374. The van der Waals surface area contributed by atoms with Gasteiger partial charge in [0.1, 0.15) is 17.7 Å². The smallest absolute Gasteiger partial charge is 0.149 e. The average molecular weight is 232 g/mol. The molecule has 0 aromatic heterocycles. The zero-order valence-electron chi connectivity index (χ0n) is 8.74. The summed E-state index contributed by atoms with van der Waals surface area (Å²) in [6.45, 7) is 0.0812. The minimum absolute atomic E-state index is 0.0812. The maximum absolute atomic E-state index is 13.3. The van der Waals surface area contributed by atoms with Crippen LogP contribution in [0.15, 0.2) is 12.1 Å². The number of likely N-dealkylation sites (N-methyl/N-ethyl adjacent to an activating group) is 1. The lowest BCUT2D eigenvalue weighted by molar-refractivity contribution is 0.0181. The number of anilines is 1. The van der Waals surface area contributed by atoms with Crippen LogP contribution in [0.1, 0.15) is 11.7 Å². The molecule has 0 radical (unpaired) electrons. The van der Waals surface area contributed by atoms with Gasteiger partial charge in [0.25, 0.3) is 0 Å². The number of nitrogens with two attached hydrogens (primary N) is 1. The van der Waals surface area contributed by atoms with Crippen LogP contribution >= 0.6 is 0 Å². The second kappa shape index (κ2) is 5.20. The molecule has 0 amide bonds. The number of nitrogen functional groups attached to an aromatic ring is 1. The largest absolute Gasteiger partial charge is 0.396 e. The van der Waals surface area contributed by atoms with E-state index in [-0.39, 0.29) is 17.8 Å². The highest BCUT2D eigenvalue weighted by molar-refractivity contribution is 5.44. The fraction of sp³-hybridized carbons (Fsp3) is 0.400. The quantitative estimate of drug-likeness (QED) is 0.558. The normalized spacial score (nSPS) is 14.8. The van der Waals surface area contributed by atoms with E-state index in [2.05, 4.69) is 5.32 Å². The molecule has 0 spiro atoms. The lowest BCUT2D eigenvalue weighted by Gasteiger charge is -2.18. The molecule has 0 fully saturated rings. The van der Waals surface area contributed by atoms with E-state index in [0.717, 1.165) is 6.07 Å². The highest BCUT2D eigenvalue weighted by Gasteiger charge is 2.22. The zero-order chi connectivity index (χ0) is 12.3. The van der Waals surface area contributed by atoms with Crippen molar-refractivity contribution < 1.29 is 19.0 Å². The number of rotatable bonds is 4. The predicted molar refractivity (Wildman–Crippen MR) is 55.7 cm³/mol. The van der Waals surface area contributed by atoms with Gasteiger partial charge in [0.05, 0.1) is 11.8 Å². The van der Waals surface area contributed by atoms with Crippen molar-refractivity contribution in [2.24, 2.45) is 0 Å². The van der Waals surface area contributed by atoms with E-state index < -0.39 is 23.8 Å². The van der Waals surface area contributed by atoms with Crippen LogP contribution in [0.2, 0.25) is 0 Å². The Morgan fingerprint density at radius 3 is 2.50 bits per heavy atom. The summed E-state index contributed by atoms with van der Waals surface area (Å²) in [6, 6.07) is 1.56. The van der Waals surface area contributed by atoms with Crippen LogP contribution in [-0.2, 0) is 0 Å². The van der Waals surface area contributed by atoms with Crippen LogP contribution in [0.3, 0.4) is 0 Å². The Morgan fingerprint density at radius 2 is 1.94 bits per heavy atom. The fourth-order valence-corrected chi connectivity index (χ4v) is 1.34. The summed E-state index contributed by atoms with van der Waals surface area (Å²) in [5.41, 5.74) is 4.76. The van der Waals surface area contributed by atoms with E-state index in [9.17, 15) is 19.0 Å². The molecule has 0 saturated carbocycles. The first-order valence-electron chi connectivity index (χ1n) is 4.72. The van der Waals surface area contributed by atoms with Gasteiger partial charge >= 0.3 is 0 Å². The van der Waals surface area contributed by atoms with Crippen molar-refractivity contribution in [2.45, 2.75) is 12.2 Å². The summed E-state index contributed by atoms with van der Waals surface area (Å²) in [5, 5.41) is 21.7. The number of nitrogens with one attached hydrogen (secondary N) is 1. The van der Waals surface area contributed by atoms with Crippen molar-refractivity contribution in [3.8, 4) is 0 Å². The third-order valence-electron chi connectivity index (χ3n) is 2.21. The van der Waals surface area contributed by atoms with Gasteiger partial charge in [-0.05, 0) is 13.1 Å². The summed E-state index contributed by atoms with van der Waals surface area (Å²) in [7, 11) is 1.57. The fourth-order valence-electron chi connectivity index (χ4n) is 1.34. The summed E-state index contributed by atoms with van der Waals surface area (Å²) in [6.07, 6.45) is -2.64. The number of aliphatic hydroxyl groups excluding tert-OH is 2. The van der Waals surface area contributed by atoms with Crippen LogP contribution in [0.25, 0.3) is 0 Å². The third-order valence-corrected chi connectivity index (χ3v) is 2.21. The van der Waals surface area contributed by atoms with Crippen LogP contribution in [-0.4, -0.2) is 29.9 Å². The average Bonchev–Trinajstić information content (AvgIpc) is 2.23. The standard InChI is InChI=1S/C10H14F2N2O2/c1-14-4-9(15)10(16)5-2-8(13)7(12)3-6(5)11/h2-3,9-10,14-16H,4,13H2,1H3. The van der Waals surface area contributed by atoms with E-state index >= 15 is 0 Å². The second-order valence-corrected chi connectivity index (χ2v) is 3.47. The lowest BCUT2D eigenvalue weighted by atomic mass is 10.0. The van der Waals surface area contributed by atoms with Gasteiger partial charge in [-0.1, -0.05) is 0 Å². The highest BCUT2D eigenvalue weighted by Crippen LogP contribution is 2.24. The van der Waals surface area contributed by atoms with E-state index in [1.54, 1.807) is 7.05 Å². The Balaban J connectivity index is 2.99. The Labute approximate surface area is 91.7 Å². The van der Waals surface area contributed by atoms with Gasteiger partial charge in [0.2, 0.25) is 0 Å². The molecule has 1 rings (SSSR count). The Morgan fingerprint density at radius 1 is 1.31 bits per heavy atom. The molecule has 16 heavy (non-hydrogen) atoms. The molecule has 0 heterocycles. The van der Waals surface area contributed by atoms with E-state index in [1.165, 1.54) is 0 Å². The molecule has 0 aliphatic carbocycles. The number of aliphatic hydroxyl groups is 2. The number of benzene rings is 1. The summed E-state index contributed by atoms with van der Waals surface area (Å²) in [5.74, 6) is -1.83. The molecule has 0 saturated heterocycles. The van der Waals surface area contributed by atoms with Crippen molar-refractivity contribution in [2.75, 3.05) is 19.3 Å². The molecule has 0 aliphatic heterocycles. The van der Waals surface area contributed by atoms with Crippen LogP contribution in [0.5, 0.6) is 0 Å². The van der Waals surface area contributed by atoms with Crippen LogP contribution in [0.4, 0.5) is 14.5 Å². The van der Waals surface area contributed by atoms with Gasteiger partial charge in [-0.3, -0.25) is 0 Å². The molecule has 2 unspecified atom stereocenters. The first-order valence-corrected chi connectivity index (χ1v) is 4.72. The number of halogens is 2. The number of hydrogen-bond donors (Lipinski definition) is 4. The van der Waals surface area contributed by atoms with Crippen molar-refractivity contribution in [3.63, 3.8) is 0 Å². The molecule has 4 nitrogen and oxygen atoms in total. The molecular formula is C10H14F2N2O2. The molecule has 1 aromatic carbocycles. The Hall–Kier alpha value is -1.24. The minimum atomic E-state index is -1.45. The lowest BCUT2D eigenvalue weighted by Crippen LogP contribution is -2.30. The monoisotopic (exact) mass is 232 g/mol. The predicted octanol–water partition coefficient (Wildman–Crippen LogP) is 0.161. The van der Waals surface area contributed by atoms with Crippen LogP contribution in [0, 0.1) is 11.6 Å². The van der Waals surface area contributed by atoms with E-state index in [4.69, 9.17) is 5.73 Å². The van der Waals surface area contributed by atoms with Gasteiger partial charge in [-0.2, -0.15) is 0 Å². The number of hydrogen-bond acceptors (Lipinski definition) is 4. The maximum Gasteiger partial charge on any atom is 0.149 e. The molecule has 6 heteroatoms. The third kappa shape index (κ3) is 2.66. The van der Waals surface area contributed by atoms with Gasteiger partial charge in [-0.15, -0.1) is 0 Å². The first-order chi connectivity index (χ1) is 7.47. The van der Waals surface area contributed by atoms with Gasteiger partial charge in [-0.25, -0.2) is 8.78 Å². The van der Waals surface area contributed by atoms with Gasteiger partial charge in [0.15, 0.2) is 0 Å². The molecule has 5 N–H and O–H groups in total. The van der Waals surface area contributed by atoms with E-state index in [0.29, 0.717) is 6.07 Å². The molecular weight excluding hydrogens is 218 g/mol.